The van der Waals surface area contributed by atoms with Crippen LogP contribution < -0.4 is 0 Å². The number of nitrogens with zero attached hydrogens (tertiary/aromatic N) is 3. The molecule has 4 nitrogen and oxygen atoms in total. The Bertz CT molecular complexity index is 242. The van der Waals surface area contributed by atoms with E-state index in [2.05, 4.69) is 17.1 Å². The van der Waals surface area contributed by atoms with Crippen LogP contribution in [0.15, 0.2) is 6.20 Å². The molecule has 1 aromatic rings. The second kappa shape index (κ2) is 2.53. The van der Waals surface area contributed by atoms with Gasteiger partial charge in [0.25, 0.3) is 5.88 Å². The van der Waals surface area contributed by atoms with Crippen molar-refractivity contribution in [3.63, 3.8) is 0 Å². The lowest BCUT2D eigenvalue weighted by Gasteiger charge is -2.20. The molecule has 0 atom stereocenters. The Labute approximate surface area is 65.8 Å². The van der Waals surface area contributed by atoms with Crippen LogP contribution >= 0.6 is 0 Å². The van der Waals surface area contributed by atoms with E-state index in [-0.39, 0.29) is 11.4 Å². The minimum absolute atomic E-state index is 0.0217. The summed E-state index contributed by atoms with van der Waals surface area (Å²) in [6.07, 6.45) is 2.28. The average Bonchev–Trinajstić information content (AvgIpc) is 2.36. The molecule has 62 valence electrons. The summed E-state index contributed by atoms with van der Waals surface area (Å²) in [4.78, 5) is 1.53. The lowest BCUT2D eigenvalue weighted by molar-refractivity contribution is 0.265. The number of aromatic nitrogens is 3. The first-order valence-corrected chi connectivity index (χ1v) is 3.68. The Balaban J connectivity index is 2.92. The van der Waals surface area contributed by atoms with Crippen LogP contribution in [0.4, 0.5) is 0 Å². The van der Waals surface area contributed by atoms with Gasteiger partial charge in [-0.25, -0.2) is 0 Å². The molecule has 0 aliphatic heterocycles. The summed E-state index contributed by atoms with van der Waals surface area (Å²) < 4.78 is 0. The summed E-state index contributed by atoms with van der Waals surface area (Å²) in [6, 6.07) is 0. The molecular formula is C7H13N3O. The molecule has 1 aromatic heterocycles. The molecule has 1 rings (SSSR count). The quantitative estimate of drug-likeness (QED) is 0.696. The number of hydrogen-bond acceptors (Lipinski definition) is 3. The normalized spacial score (nSPS) is 11.9. The summed E-state index contributed by atoms with van der Waals surface area (Å²) in [5.41, 5.74) is -0.110. The van der Waals surface area contributed by atoms with Crippen molar-refractivity contribution in [3.8, 4) is 5.88 Å². The van der Waals surface area contributed by atoms with Crippen LogP contribution in [-0.2, 0) is 5.54 Å². The predicted molar refractivity (Wildman–Crippen MR) is 41.3 cm³/mol. The van der Waals surface area contributed by atoms with E-state index in [1.54, 1.807) is 0 Å². The van der Waals surface area contributed by atoms with E-state index < -0.39 is 0 Å². The third-order valence-electron chi connectivity index (χ3n) is 1.89. The minimum atomic E-state index is -0.110. The molecule has 11 heavy (non-hydrogen) atoms. The lowest BCUT2D eigenvalue weighted by atomic mass is 10.0. The molecule has 4 heteroatoms. The van der Waals surface area contributed by atoms with Crippen LogP contribution in [0.5, 0.6) is 5.88 Å². The van der Waals surface area contributed by atoms with Crippen molar-refractivity contribution in [3.05, 3.63) is 6.20 Å². The molecule has 0 amide bonds. The van der Waals surface area contributed by atoms with E-state index in [0.29, 0.717) is 0 Å². The summed E-state index contributed by atoms with van der Waals surface area (Å²) in [5.74, 6) is -0.0217. The van der Waals surface area contributed by atoms with Gasteiger partial charge in [0, 0.05) is 0 Å². The number of rotatable bonds is 2. The molecule has 0 fully saturated rings. The van der Waals surface area contributed by atoms with Crippen LogP contribution in [0.3, 0.4) is 0 Å². The number of hydrogen-bond donors (Lipinski definition) is 1. The van der Waals surface area contributed by atoms with Crippen LogP contribution in [0.1, 0.15) is 27.2 Å². The summed E-state index contributed by atoms with van der Waals surface area (Å²) in [7, 11) is 0. The van der Waals surface area contributed by atoms with Crippen molar-refractivity contribution in [1.29, 1.82) is 0 Å². The third-order valence-corrected chi connectivity index (χ3v) is 1.89. The summed E-state index contributed by atoms with van der Waals surface area (Å²) in [6.45, 7) is 6.10. The first kappa shape index (κ1) is 8.04. The molecule has 0 unspecified atom stereocenters. The van der Waals surface area contributed by atoms with Gasteiger partial charge in [-0.3, -0.25) is 0 Å². The maximum absolute atomic E-state index is 8.92. The first-order chi connectivity index (χ1) is 5.06. The van der Waals surface area contributed by atoms with Gasteiger partial charge < -0.3 is 5.11 Å². The predicted octanol–water partition coefficient (Wildman–Crippen LogP) is 1.13. The molecule has 0 aliphatic carbocycles. The first-order valence-electron chi connectivity index (χ1n) is 3.68. The van der Waals surface area contributed by atoms with E-state index in [9.17, 15) is 0 Å². The van der Waals surface area contributed by atoms with Crippen molar-refractivity contribution in [2.75, 3.05) is 0 Å². The Morgan fingerprint density at radius 2 is 2.27 bits per heavy atom. The molecule has 0 bridgehead atoms. The zero-order valence-electron chi connectivity index (χ0n) is 7.07. The molecule has 1 N–H and O–H groups in total. The Kier molecular flexibility index (Phi) is 1.85. The zero-order chi connectivity index (χ0) is 8.48. The van der Waals surface area contributed by atoms with Gasteiger partial charge in [-0.1, -0.05) is 6.92 Å². The van der Waals surface area contributed by atoms with Crippen molar-refractivity contribution in [1.82, 2.24) is 15.0 Å². The molecule has 0 saturated carbocycles. The molecule has 0 saturated heterocycles. The highest BCUT2D eigenvalue weighted by Crippen LogP contribution is 2.17. The van der Waals surface area contributed by atoms with Gasteiger partial charge >= 0.3 is 0 Å². The Hall–Kier alpha value is -1.06. The highest BCUT2D eigenvalue weighted by molar-refractivity contribution is 4.95. The molecule has 1 heterocycles. The standard InChI is InChI=1S/C7H13N3O/c1-4-7(2,3)10-8-5-6(11)9-10/h5H,4H2,1-3H3,(H,9,11). The van der Waals surface area contributed by atoms with Crippen molar-refractivity contribution in [2.45, 2.75) is 32.7 Å². The van der Waals surface area contributed by atoms with E-state index in [0.717, 1.165) is 6.42 Å². The minimum Gasteiger partial charge on any atom is -0.491 e. The van der Waals surface area contributed by atoms with Crippen LogP contribution in [0.2, 0.25) is 0 Å². The molecule has 0 radical (unpaired) electrons. The topological polar surface area (TPSA) is 50.9 Å². The van der Waals surface area contributed by atoms with E-state index >= 15 is 0 Å². The van der Waals surface area contributed by atoms with Gasteiger partial charge in [0.05, 0.1) is 5.54 Å². The van der Waals surface area contributed by atoms with E-state index in [4.69, 9.17) is 5.11 Å². The highest BCUT2D eigenvalue weighted by Gasteiger charge is 2.19. The van der Waals surface area contributed by atoms with Gasteiger partial charge in [0.15, 0.2) is 0 Å². The van der Waals surface area contributed by atoms with Crippen LogP contribution in [-0.4, -0.2) is 20.1 Å². The maximum atomic E-state index is 8.92. The second-order valence-electron chi connectivity index (χ2n) is 3.16. The maximum Gasteiger partial charge on any atom is 0.251 e. The van der Waals surface area contributed by atoms with Gasteiger partial charge in [0.1, 0.15) is 6.20 Å². The fourth-order valence-corrected chi connectivity index (χ4v) is 0.688. The van der Waals surface area contributed by atoms with Gasteiger partial charge in [-0.05, 0) is 20.3 Å². The van der Waals surface area contributed by atoms with Crippen molar-refractivity contribution in [2.24, 2.45) is 0 Å². The van der Waals surface area contributed by atoms with Gasteiger partial charge in [-0.15, -0.1) is 5.10 Å². The largest absolute Gasteiger partial charge is 0.491 e. The molecule has 0 aliphatic rings. The number of aromatic hydroxyl groups is 1. The van der Waals surface area contributed by atoms with Gasteiger partial charge in [0.2, 0.25) is 0 Å². The van der Waals surface area contributed by atoms with E-state index in [1.807, 2.05) is 13.8 Å². The van der Waals surface area contributed by atoms with Crippen molar-refractivity contribution >= 4 is 0 Å². The molecular weight excluding hydrogens is 142 g/mol. The monoisotopic (exact) mass is 155 g/mol. The van der Waals surface area contributed by atoms with Crippen LogP contribution in [0, 0.1) is 0 Å². The molecule has 0 spiro atoms. The third kappa shape index (κ3) is 1.50. The highest BCUT2D eigenvalue weighted by atomic mass is 16.3. The van der Waals surface area contributed by atoms with Crippen LogP contribution in [0.25, 0.3) is 0 Å². The SMILES string of the molecule is CCC(C)(C)n1ncc(O)n1. The van der Waals surface area contributed by atoms with E-state index in [1.165, 1.54) is 11.0 Å². The molecule has 0 aromatic carbocycles. The summed E-state index contributed by atoms with van der Waals surface area (Å²) >= 11 is 0. The van der Waals surface area contributed by atoms with Gasteiger partial charge in [-0.2, -0.15) is 9.90 Å². The lowest BCUT2D eigenvalue weighted by Crippen LogP contribution is -2.27. The smallest absolute Gasteiger partial charge is 0.251 e. The fraction of sp³-hybridized carbons (Fsp3) is 0.714. The zero-order valence-corrected chi connectivity index (χ0v) is 7.07. The fourth-order valence-electron chi connectivity index (χ4n) is 0.688. The second-order valence-corrected chi connectivity index (χ2v) is 3.16. The summed E-state index contributed by atoms with van der Waals surface area (Å²) in [5, 5.41) is 16.6. The Morgan fingerprint density at radius 3 is 2.64 bits per heavy atom. The van der Waals surface area contributed by atoms with Crippen molar-refractivity contribution < 1.29 is 5.11 Å². The average molecular weight is 155 g/mol. The Morgan fingerprint density at radius 1 is 1.64 bits per heavy atom.